The highest BCUT2D eigenvalue weighted by molar-refractivity contribution is 4.88. The summed E-state index contributed by atoms with van der Waals surface area (Å²) in [6, 6.07) is 0.860. The first-order chi connectivity index (χ1) is 7.08. The zero-order valence-corrected chi connectivity index (χ0v) is 10.4. The maximum atomic E-state index is 9.13. The van der Waals surface area contributed by atoms with E-state index in [0.717, 1.165) is 25.6 Å². The minimum Gasteiger partial charge on any atom is -0.395 e. The van der Waals surface area contributed by atoms with E-state index in [1.165, 1.54) is 0 Å². The van der Waals surface area contributed by atoms with Crippen molar-refractivity contribution in [2.24, 2.45) is 5.92 Å². The number of likely N-dealkylation sites (N-methyl/N-ethyl adjacent to an activating group) is 2. The molecule has 1 aliphatic rings. The van der Waals surface area contributed by atoms with E-state index >= 15 is 0 Å². The summed E-state index contributed by atoms with van der Waals surface area (Å²) in [5, 5.41) is 12.3. The van der Waals surface area contributed by atoms with Crippen LogP contribution in [-0.4, -0.2) is 74.4 Å². The summed E-state index contributed by atoms with van der Waals surface area (Å²) in [4.78, 5) is 4.74. The van der Waals surface area contributed by atoms with Gasteiger partial charge in [-0.3, -0.25) is 4.90 Å². The maximum absolute atomic E-state index is 9.13. The molecule has 4 nitrogen and oxygen atoms in total. The van der Waals surface area contributed by atoms with Gasteiger partial charge in [-0.1, -0.05) is 6.92 Å². The Balaban J connectivity index is 2.40. The van der Waals surface area contributed by atoms with Gasteiger partial charge < -0.3 is 15.3 Å². The smallest absolute Gasteiger partial charge is 0.0597 e. The SMILES string of the molecule is CNC(CO)CN1CC(C)C(N(C)C)C1. The molecule has 1 saturated heterocycles. The number of aliphatic hydroxyl groups excluding tert-OH is 1. The zero-order valence-electron chi connectivity index (χ0n) is 10.4. The van der Waals surface area contributed by atoms with Gasteiger partial charge in [-0.15, -0.1) is 0 Å². The average molecular weight is 215 g/mol. The van der Waals surface area contributed by atoms with Gasteiger partial charge in [-0.2, -0.15) is 0 Å². The lowest BCUT2D eigenvalue weighted by Crippen LogP contribution is -2.42. The van der Waals surface area contributed by atoms with Crippen molar-refractivity contribution in [3.63, 3.8) is 0 Å². The molecule has 1 aliphatic heterocycles. The lowest BCUT2D eigenvalue weighted by molar-refractivity contribution is 0.196. The van der Waals surface area contributed by atoms with Crippen LogP contribution in [0.4, 0.5) is 0 Å². The molecule has 1 fully saturated rings. The Morgan fingerprint density at radius 3 is 2.53 bits per heavy atom. The van der Waals surface area contributed by atoms with E-state index in [4.69, 9.17) is 5.11 Å². The van der Waals surface area contributed by atoms with Crippen LogP contribution < -0.4 is 5.32 Å². The second-order valence-electron chi connectivity index (χ2n) is 4.89. The van der Waals surface area contributed by atoms with Gasteiger partial charge >= 0.3 is 0 Å². The van der Waals surface area contributed by atoms with Gasteiger partial charge in [0.05, 0.1) is 6.61 Å². The fraction of sp³-hybridized carbons (Fsp3) is 1.00. The van der Waals surface area contributed by atoms with Gasteiger partial charge in [0, 0.05) is 31.7 Å². The molecule has 0 aromatic rings. The topological polar surface area (TPSA) is 38.7 Å². The molecule has 0 saturated carbocycles. The molecule has 15 heavy (non-hydrogen) atoms. The highest BCUT2D eigenvalue weighted by Gasteiger charge is 2.31. The summed E-state index contributed by atoms with van der Waals surface area (Å²) in [7, 11) is 6.20. The van der Waals surface area contributed by atoms with Crippen molar-refractivity contribution in [2.45, 2.75) is 19.0 Å². The van der Waals surface area contributed by atoms with Crippen molar-refractivity contribution in [3.05, 3.63) is 0 Å². The first-order valence-corrected chi connectivity index (χ1v) is 5.75. The molecule has 0 aromatic carbocycles. The van der Waals surface area contributed by atoms with Gasteiger partial charge in [0.25, 0.3) is 0 Å². The number of nitrogens with one attached hydrogen (secondary N) is 1. The van der Waals surface area contributed by atoms with Crippen LogP contribution in [0.5, 0.6) is 0 Å². The van der Waals surface area contributed by atoms with E-state index < -0.39 is 0 Å². The molecule has 1 heterocycles. The van der Waals surface area contributed by atoms with E-state index in [1.807, 2.05) is 7.05 Å². The second-order valence-corrected chi connectivity index (χ2v) is 4.89. The number of nitrogens with zero attached hydrogens (tertiary/aromatic N) is 2. The van der Waals surface area contributed by atoms with Gasteiger partial charge in [0.15, 0.2) is 0 Å². The number of likely N-dealkylation sites (tertiary alicyclic amines) is 1. The van der Waals surface area contributed by atoms with Crippen LogP contribution in [0.15, 0.2) is 0 Å². The molecular weight excluding hydrogens is 190 g/mol. The van der Waals surface area contributed by atoms with E-state index in [2.05, 4.69) is 36.1 Å². The molecule has 0 spiro atoms. The molecule has 4 heteroatoms. The van der Waals surface area contributed by atoms with Crippen LogP contribution in [0, 0.1) is 5.92 Å². The lowest BCUT2D eigenvalue weighted by Gasteiger charge is -2.24. The van der Waals surface area contributed by atoms with Crippen molar-refractivity contribution >= 4 is 0 Å². The second kappa shape index (κ2) is 5.80. The Hall–Kier alpha value is -0.160. The van der Waals surface area contributed by atoms with Gasteiger partial charge in [-0.25, -0.2) is 0 Å². The Morgan fingerprint density at radius 2 is 2.13 bits per heavy atom. The van der Waals surface area contributed by atoms with Crippen LogP contribution in [0.1, 0.15) is 6.92 Å². The molecule has 2 N–H and O–H groups in total. The largest absolute Gasteiger partial charge is 0.395 e. The predicted octanol–water partition coefficient (Wildman–Crippen LogP) is -0.551. The van der Waals surface area contributed by atoms with Crippen molar-refractivity contribution < 1.29 is 5.11 Å². The summed E-state index contributed by atoms with van der Waals surface area (Å²) in [6.07, 6.45) is 0. The number of hydrogen-bond acceptors (Lipinski definition) is 4. The highest BCUT2D eigenvalue weighted by Crippen LogP contribution is 2.19. The standard InChI is InChI=1S/C11H25N3O/c1-9-5-14(6-10(8-15)12-2)7-11(9)13(3)4/h9-12,15H,5-8H2,1-4H3. The van der Waals surface area contributed by atoms with Crippen LogP contribution in [-0.2, 0) is 0 Å². The fourth-order valence-electron chi connectivity index (χ4n) is 2.42. The highest BCUT2D eigenvalue weighted by atomic mass is 16.3. The molecule has 90 valence electrons. The zero-order chi connectivity index (χ0) is 11.4. The van der Waals surface area contributed by atoms with E-state index in [1.54, 1.807) is 0 Å². The summed E-state index contributed by atoms with van der Waals surface area (Å²) in [5.74, 6) is 0.719. The molecule has 3 atom stereocenters. The third-order valence-corrected chi connectivity index (χ3v) is 3.42. The Kier molecular flexibility index (Phi) is 4.99. The van der Waals surface area contributed by atoms with Gasteiger partial charge in [0.1, 0.15) is 0 Å². The van der Waals surface area contributed by atoms with Crippen molar-refractivity contribution in [3.8, 4) is 0 Å². The maximum Gasteiger partial charge on any atom is 0.0597 e. The third-order valence-electron chi connectivity index (χ3n) is 3.42. The lowest BCUT2D eigenvalue weighted by atomic mass is 10.1. The van der Waals surface area contributed by atoms with Crippen molar-refractivity contribution in [1.29, 1.82) is 0 Å². The summed E-state index contributed by atoms with van der Waals surface area (Å²) >= 11 is 0. The quantitative estimate of drug-likeness (QED) is 0.645. The Labute approximate surface area is 93.2 Å². The minimum atomic E-state index is 0.207. The molecule has 0 aromatic heterocycles. The van der Waals surface area contributed by atoms with Crippen LogP contribution in [0.25, 0.3) is 0 Å². The van der Waals surface area contributed by atoms with Crippen LogP contribution in [0.3, 0.4) is 0 Å². The molecular formula is C11H25N3O. The normalized spacial score (nSPS) is 30.0. The van der Waals surface area contributed by atoms with Crippen molar-refractivity contribution in [2.75, 3.05) is 47.4 Å². The Morgan fingerprint density at radius 1 is 1.47 bits per heavy atom. The summed E-state index contributed by atoms with van der Waals surface area (Å²) in [6.45, 7) is 5.72. The first kappa shape index (κ1) is 12.9. The molecule has 0 amide bonds. The van der Waals surface area contributed by atoms with E-state index in [0.29, 0.717) is 6.04 Å². The monoisotopic (exact) mass is 215 g/mol. The van der Waals surface area contributed by atoms with Crippen LogP contribution >= 0.6 is 0 Å². The Bertz CT molecular complexity index is 181. The van der Waals surface area contributed by atoms with Gasteiger partial charge in [-0.05, 0) is 27.1 Å². The number of aliphatic hydroxyl groups is 1. The summed E-state index contributed by atoms with van der Waals surface area (Å²) < 4.78 is 0. The first-order valence-electron chi connectivity index (χ1n) is 5.75. The average Bonchev–Trinajstić information content (AvgIpc) is 2.56. The number of hydrogen-bond donors (Lipinski definition) is 2. The third kappa shape index (κ3) is 3.41. The van der Waals surface area contributed by atoms with Crippen molar-refractivity contribution in [1.82, 2.24) is 15.1 Å². The molecule has 0 radical (unpaired) electrons. The van der Waals surface area contributed by atoms with E-state index in [-0.39, 0.29) is 12.6 Å². The fourth-order valence-corrected chi connectivity index (χ4v) is 2.42. The molecule has 0 aliphatic carbocycles. The minimum absolute atomic E-state index is 0.207. The molecule has 0 bridgehead atoms. The molecule has 1 rings (SSSR count). The number of rotatable bonds is 5. The van der Waals surface area contributed by atoms with Gasteiger partial charge in [0.2, 0.25) is 0 Å². The molecule has 3 unspecified atom stereocenters. The van der Waals surface area contributed by atoms with E-state index in [9.17, 15) is 0 Å². The predicted molar refractivity (Wildman–Crippen MR) is 63.0 cm³/mol. The summed E-state index contributed by atoms with van der Waals surface area (Å²) in [5.41, 5.74) is 0. The van der Waals surface area contributed by atoms with Crippen LogP contribution in [0.2, 0.25) is 0 Å².